The molecule has 0 atom stereocenters. The number of aromatic nitrogens is 1. The molecule has 2 aromatic carbocycles. The molecule has 0 bridgehead atoms. The Labute approximate surface area is 185 Å². The second-order valence-electron chi connectivity index (χ2n) is 8.20. The van der Waals surface area contributed by atoms with Crippen LogP contribution in [0.25, 0.3) is 10.2 Å². The number of nitrogens with zero attached hydrogens (tertiary/aromatic N) is 2. The molecule has 31 heavy (non-hydrogen) atoms. The summed E-state index contributed by atoms with van der Waals surface area (Å²) in [5, 5.41) is 3.93. The molecule has 1 amide bonds. The lowest BCUT2D eigenvalue weighted by atomic mass is 10.1. The van der Waals surface area contributed by atoms with Crippen LogP contribution in [-0.4, -0.2) is 38.4 Å². The van der Waals surface area contributed by atoms with E-state index in [1.807, 2.05) is 18.2 Å². The van der Waals surface area contributed by atoms with Gasteiger partial charge in [-0.25, -0.2) is 18.1 Å². The lowest BCUT2D eigenvalue weighted by Gasteiger charge is -2.11. The van der Waals surface area contributed by atoms with Crippen LogP contribution in [-0.2, 0) is 10.0 Å². The molecule has 2 fully saturated rings. The molecule has 2 heterocycles. The third-order valence-electron chi connectivity index (χ3n) is 5.67. The molecule has 2 N–H and O–H groups in total. The number of benzene rings is 2. The van der Waals surface area contributed by atoms with Crippen LogP contribution in [0.5, 0.6) is 0 Å². The summed E-state index contributed by atoms with van der Waals surface area (Å²) in [7, 11) is -3.62. The van der Waals surface area contributed by atoms with E-state index in [9.17, 15) is 13.2 Å². The van der Waals surface area contributed by atoms with Gasteiger partial charge in [-0.3, -0.25) is 4.79 Å². The minimum atomic E-state index is -3.62. The van der Waals surface area contributed by atoms with Gasteiger partial charge in [0.15, 0.2) is 5.13 Å². The zero-order valence-corrected chi connectivity index (χ0v) is 18.9. The predicted octanol–water partition coefficient (Wildman–Crippen LogP) is 3.90. The zero-order chi connectivity index (χ0) is 21.6. The molecule has 1 aromatic heterocycles. The first-order valence-corrected chi connectivity index (χ1v) is 12.8. The second kappa shape index (κ2) is 7.89. The molecule has 2 aliphatic rings. The number of aryl methyl sites for hydroxylation is 1. The van der Waals surface area contributed by atoms with E-state index in [2.05, 4.69) is 14.9 Å². The number of hydrogen-bond acceptors (Lipinski definition) is 6. The van der Waals surface area contributed by atoms with E-state index in [-0.39, 0.29) is 16.8 Å². The van der Waals surface area contributed by atoms with Gasteiger partial charge in [0.05, 0.1) is 15.1 Å². The van der Waals surface area contributed by atoms with Gasteiger partial charge in [-0.15, -0.1) is 0 Å². The van der Waals surface area contributed by atoms with Crippen LogP contribution in [0.15, 0.2) is 41.3 Å². The number of rotatable bonds is 6. The highest BCUT2D eigenvalue weighted by atomic mass is 32.2. The topological polar surface area (TPSA) is 91.4 Å². The summed E-state index contributed by atoms with van der Waals surface area (Å²) in [6.45, 7) is 3.88. The van der Waals surface area contributed by atoms with E-state index in [0.29, 0.717) is 11.3 Å². The normalized spacial score (nSPS) is 16.7. The summed E-state index contributed by atoms with van der Waals surface area (Å²) in [6, 6.07) is 10.3. The Kier molecular flexibility index (Phi) is 5.19. The predicted molar refractivity (Wildman–Crippen MR) is 124 cm³/mol. The second-order valence-corrected chi connectivity index (χ2v) is 10.9. The van der Waals surface area contributed by atoms with Crippen molar-refractivity contribution in [1.82, 2.24) is 9.71 Å². The number of hydrogen-bond donors (Lipinski definition) is 2. The van der Waals surface area contributed by atoms with Gasteiger partial charge in [0, 0.05) is 30.4 Å². The molecular weight excluding hydrogens is 432 g/mol. The lowest BCUT2D eigenvalue weighted by molar-refractivity contribution is 0.102. The smallest absolute Gasteiger partial charge is 0.255 e. The molecule has 9 heteroatoms. The average Bonchev–Trinajstić information content (AvgIpc) is 3.20. The van der Waals surface area contributed by atoms with Crippen molar-refractivity contribution in [2.45, 2.75) is 43.5 Å². The fraction of sp³-hybridized carbons (Fsp3) is 0.364. The van der Waals surface area contributed by atoms with Gasteiger partial charge in [-0.1, -0.05) is 17.4 Å². The van der Waals surface area contributed by atoms with Crippen LogP contribution >= 0.6 is 11.3 Å². The fourth-order valence-corrected chi connectivity index (χ4v) is 6.12. The van der Waals surface area contributed by atoms with Crippen molar-refractivity contribution >= 4 is 48.3 Å². The first kappa shape index (κ1) is 20.4. The van der Waals surface area contributed by atoms with E-state index in [1.165, 1.54) is 18.9 Å². The highest BCUT2D eigenvalue weighted by Crippen LogP contribution is 2.32. The Hall–Kier alpha value is -2.49. The van der Waals surface area contributed by atoms with E-state index >= 15 is 0 Å². The van der Waals surface area contributed by atoms with Crippen molar-refractivity contribution in [3.05, 3.63) is 47.5 Å². The Morgan fingerprint density at radius 1 is 1.13 bits per heavy atom. The molecule has 1 saturated carbocycles. The molecular formula is C22H24N4O3S2. The van der Waals surface area contributed by atoms with E-state index in [1.54, 1.807) is 30.4 Å². The molecule has 0 radical (unpaired) electrons. The molecule has 1 saturated heterocycles. The molecule has 162 valence electrons. The Morgan fingerprint density at radius 2 is 1.90 bits per heavy atom. The number of sulfonamides is 1. The third-order valence-corrected chi connectivity index (χ3v) is 8.27. The van der Waals surface area contributed by atoms with Crippen molar-refractivity contribution in [2.24, 2.45) is 0 Å². The van der Waals surface area contributed by atoms with Crippen LogP contribution in [0.3, 0.4) is 0 Å². The van der Waals surface area contributed by atoms with Crippen LogP contribution in [0.2, 0.25) is 0 Å². The largest absolute Gasteiger partial charge is 0.348 e. The first-order valence-electron chi connectivity index (χ1n) is 10.5. The number of anilines is 2. The van der Waals surface area contributed by atoms with Gasteiger partial charge in [0.25, 0.3) is 5.91 Å². The summed E-state index contributed by atoms with van der Waals surface area (Å²) in [5.74, 6) is -0.329. The van der Waals surface area contributed by atoms with Gasteiger partial charge in [-0.05, 0) is 68.5 Å². The quantitative estimate of drug-likeness (QED) is 0.587. The highest BCUT2D eigenvalue weighted by Gasteiger charge is 2.28. The van der Waals surface area contributed by atoms with Crippen LogP contribution in [0, 0.1) is 6.92 Å². The Morgan fingerprint density at radius 3 is 2.65 bits per heavy atom. The summed E-state index contributed by atoms with van der Waals surface area (Å²) >= 11 is 1.63. The van der Waals surface area contributed by atoms with Crippen LogP contribution < -0.4 is 14.9 Å². The monoisotopic (exact) mass is 456 g/mol. The van der Waals surface area contributed by atoms with E-state index in [0.717, 1.165) is 46.8 Å². The zero-order valence-electron chi connectivity index (χ0n) is 17.2. The van der Waals surface area contributed by atoms with Crippen molar-refractivity contribution < 1.29 is 13.2 Å². The molecule has 5 rings (SSSR count). The van der Waals surface area contributed by atoms with Crippen molar-refractivity contribution in [1.29, 1.82) is 0 Å². The third kappa shape index (κ3) is 4.30. The Balaban J connectivity index is 1.38. The SMILES string of the molecule is Cc1ccc(S(=O)(=O)NC2CC2)cc1C(=O)Nc1ccc2nc(N3CCCC3)sc2c1. The molecule has 0 spiro atoms. The summed E-state index contributed by atoms with van der Waals surface area (Å²) < 4.78 is 28.7. The summed E-state index contributed by atoms with van der Waals surface area (Å²) in [6.07, 6.45) is 4.11. The average molecular weight is 457 g/mol. The number of carbonyl (C=O) groups is 1. The number of fused-ring (bicyclic) bond motifs is 1. The standard InChI is InChI=1S/C22H24N4O3S2/c1-14-4-8-17(31(28,29)25-15-5-6-15)13-18(14)21(27)23-16-7-9-19-20(12-16)30-22(24-19)26-10-2-3-11-26/h4,7-9,12-13,15,25H,2-3,5-6,10-11H2,1H3,(H,23,27). The summed E-state index contributed by atoms with van der Waals surface area (Å²) in [4.78, 5) is 20.1. The van der Waals surface area contributed by atoms with Crippen LogP contribution in [0.4, 0.5) is 10.8 Å². The van der Waals surface area contributed by atoms with Gasteiger partial charge in [0.1, 0.15) is 0 Å². The van der Waals surface area contributed by atoms with Gasteiger partial charge >= 0.3 is 0 Å². The van der Waals surface area contributed by atoms with E-state index in [4.69, 9.17) is 4.98 Å². The van der Waals surface area contributed by atoms with Crippen molar-refractivity contribution in [3.63, 3.8) is 0 Å². The molecule has 1 aliphatic heterocycles. The molecule has 3 aromatic rings. The van der Waals surface area contributed by atoms with Gasteiger partial charge < -0.3 is 10.2 Å². The van der Waals surface area contributed by atoms with Gasteiger partial charge in [-0.2, -0.15) is 0 Å². The number of thiazole rings is 1. The number of carbonyl (C=O) groups excluding carboxylic acids is 1. The maximum Gasteiger partial charge on any atom is 0.255 e. The maximum absolute atomic E-state index is 13.0. The molecule has 0 unspecified atom stereocenters. The van der Waals surface area contributed by atoms with Crippen molar-refractivity contribution in [2.75, 3.05) is 23.3 Å². The van der Waals surface area contributed by atoms with Crippen LogP contribution in [0.1, 0.15) is 41.6 Å². The highest BCUT2D eigenvalue weighted by molar-refractivity contribution is 7.89. The fourth-order valence-electron chi connectivity index (χ4n) is 3.73. The van der Waals surface area contributed by atoms with Gasteiger partial charge in [0.2, 0.25) is 10.0 Å². The maximum atomic E-state index is 13.0. The van der Waals surface area contributed by atoms with Crippen molar-refractivity contribution in [3.8, 4) is 0 Å². The number of nitrogens with one attached hydrogen (secondary N) is 2. The summed E-state index contributed by atoms with van der Waals surface area (Å²) in [5.41, 5.74) is 2.65. The molecule has 1 aliphatic carbocycles. The van der Waals surface area contributed by atoms with E-state index < -0.39 is 10.0 Å². The Bertz CT molecular complexity index is 1260. The number of amides is 1. The molecule has 7 nitrogen and oxygen atoms in total. The first-order chi connectivity index (χ1) is 14.9. The lowest BCUT2D eigenvalue weighted by Crippen LogP contribution is -2.26. The minimum Gasteiger partial charge on any atom is -0.348 e. The minimum absolute atomic E-state index is 0.0140.